The molecule has 1 nitrogen and oxygen atoms in total. The highest BCUT2D eigenvalue weighted by Gasteiger charge is 2.31. The van der Waals surface area contributed by atoms with Crippen LogP contribution >= 0.6 is 12.6 Å². The van der Waals surface area contributed by atoms with Crippen molar-refractivity contribution in [3.63, 3.8) is 0 Å². The average Bonchev–Trinajstić information content (AvgIpc) is 2.97. The predicted octanol–water partition coefficient (Wildman–Crippen LogP) is 9.91. The molecule has 0 aromatic heterocycles. The molecule has 0 atom stereocenters. The number of hydrogen-bond donors (Lipinski definition) is 1. The molecule has 0 aliphatic rings. The SMILES string of the molecule is CCCC[N+](CCCC)(CCCC)CCCC.SC(c1ccccc1)(c1ccccc1)c1ccccc1. The zero-order valence-corrected chi connectivity index (χ0v) is 24.9. The number of benzene rings is 3. The van der Waals surface area contributed by atoms with Crippen molar-refractivity contribution in [3.8, 4) is 0 Å². The first-order valence-corrected chi connectivity index (χ1v) is 15.2. The number of quaternary nitrogens is 1. The number of unbranched alkanes of at least 4 members (excludes halogenated alkanes) is 4. The summed E-state index contributed by atoms with van der Waals surface area (Å²) in [6, 6.07) is 31.3. The Bertz CT molecular complexity index is 805. The van der Waals surface area contributed by atoms with E-state index in [9.17, 15) is 0 Å². The van der Waals surface area contributed by atoms with E-state index < -0.39 is 4.75 Å². The van der Waals surface area contributed by atoms with Crippen molar-refractivity contribution in [2.45, 2.75) is 83.8 Å². The summed E-state index contributed by atoms with van der Waals surface area (Å²) < 4.78 is 0.993. The van der Waals surface area contributed by atoms with Crippen LogP contribution in [0.25, 0.3) is 0 Å². The van der Waals surface area contributed by atoms with E-state index >= 15 is 0 Å². The number of rotatable bonds is 15. The van der Waals surface area contributed by atoms with Gasteiger partial charge >= 0.3 is 0 Å². The fourth-order valence-corrected chi connectivity index (χ4v) is 5.63. The van der Waals surface area contributed by atoms with Crippen LogP contribution in [0.3, 0.4) is 0 Å². The zero-order chi connectivity index (χ0) is 26.8. The lowest BCUT2D eigenvalue weighted by atomic mass is 9.84. The van der Waals surface area contributed by atoms with Crippen LogP contribution in [0.2, 0.25) is 0 Å². The summed E-state index contributed by atoms with van der Waals surface area (Å²) >= 11 is 5.09. The smallest absolute Gasteiger partial charge is 0.0878 e. The summed E-state index contributed by atoms with van der Waals surface area (Å²) in [5.41, 5.74) is 3.54. The van der Waals surface area contributed by atoms with Crippen LogP contribution < -0.4 is 0 Å². The molecule has 0 aliphatic carbocycles. The Labute approximate surface area is 234 Å². The number of hydrogen-bond acceptors (Lipinski definition) is 1. The molecule has 0 saturated carbocycles. The van der Waals surface area contributed by atoms with Gasteiger partial charge in [-0.2, -0.15) is 12.6 Å². The van der Waals surface area contributed by atoms with Crippen molar-refractivity contribution < 1.29 is 4.48 Å². The molecule has 0 unspecified atom stereocenters. The summed E-state index contributed by atoms with van der Waals surface area (Å²) in [6.07, 6.45) is 11.1. The van der Waals surface area contributed by atoms with E-state index in [0.717, 1.165) is 0 Å². The van der Waals surface area contributed by atoms with Gasteiger partial charge in [0.25, 0.3) is 0 Å². The van der Waals surface area contributed by atoms with E-state index in [-0.39, 0.29) is 0 Å². The van der Waals surface area contributed by atoms with Crippen molar-refractivity contribution in [2.24, 2.45) is 0 Å². The molecule has 0 fully saturated rings. The number of thiol groups is 1. The molecule has 0 saturated heterocycles. The predicted molar refractivity (Wildman–Crippen MR) is 168 cm³/mol. The molecular weight excluding hydrogens is 466 g/mol. The summed E-state index contributed by atoms with van der Waals surface area (Å²) in [6.45, 7) is 15.0. The van der Waals surface area contributed by atoms with Crippen LogP contribution in [-0.2, 0) is 4.75 Å². The lowest BCUT2D eigenvalue weighted by Crippen LogP contribution is -2.50. The Morgan fingerprint density at radius 2 is 0.703 bits per heavy atom. The second kappa shape index (κ2) is 17.5. The van der Waals surface area contributed by atoms with Gasteiger partial charge in [0.15, 0.2) is 0 Å². The lowest BCUT2D eigenvalue weighted by molar-refractivity contribution is -0.929. The minimum absolute atomic E-state index is 0.427. The molecule has 3 aromatic carbocycles. The van der Waals surface area contributed by atoms with Crippen molar-refractivity contribution in [1.82, 2.24) is 0 Å². The van der Waals surface area contributed by atoms with Gasteiger partial charge in [-0.25, -0.2) is 0 Å². The van der Waals surface area contributed by atoms with Gasteiger partial charge in [0.1, 0.15) is 0 Å². The molecule has 0 radical (unpaired) electrons. The maximum atomic E-state index is 5.09. The molecule has 0 bridgehead atoms. The highest BCUT2D eigenvalue weighted by Crippen LogP contribution is 2.42. The van der Waals surface area contributed by atoms with E-state index in [1.807, 2.05) is 18.2 Å². The van der Waals surface area contributed by atoms with Crippen LogP contribution in [0.4, 0.5) is 0 Å². The zero-order valence-electron chi connectivity index (χ0n) is 24.0. The molecule has 0 N–H and O–H groups in total. The molecule has 3 aromatic rings. The highest BCUT2D eigenvalue weighted by molar-refractivity contribution is 7.81. The molecule has 0 aliphatic heterocycles. The Hall–Kier alpha value is -2.03. The summed E-state index contributed by atoms with van der Waals surface area (Å²) in [4.78, 5) is 0. The van der Waals surface area contributed by atoms with E-state index in [0.29, 0.717) is 0 Å². The normalized spacial score (nSPS) is 11.6. The second-order valence-electron chi connectivity index (χ2n) is 10.5. The van der Waals surface area contributed by atoms with Gasteiger partial charge in [0.05, 0.1) is 30.9 Å². The Balaban J connectivity index is 0.000000265. The Morgan fingerprint density at radius 3 is 0.919 bits per heavy atom. The summed E-state index contributed by atoms with van der Waals surface area (Å²) in [7, 11) is 0. The van der Waals surface area contributed by atoms with Gasteiger partial charge in [0.2, 0.25) is 0 Å². The standard InChI is InChI=1S/C19H16S.C16H36N/c20-19(16-10-4-1-5-11-16,17-12-6-2-7-13-17)18-14-8-3-9-15-18;1-5-9-13-17(14-10-6-2,15-11-7-3)16-12-8-4/h1-15,20H;5-16H2,1-4H3/q;+1. The van der Waals surface area contributed by atoms with Crippen molar-refractivity contribution in [2.75, 3.05) is 26.2 Å². The Morgan fingerprint density at radius 1 is 0.459 bits per heavy atom. The molecule has 0 amide bonds. The third kappa shape index (κ3) is 9.65. The van der Waals surface area contributed by atoms with Crippen LogP contribution in [-0.4, -0.2) is 30.7 Å². The first-order valence-electron chi connectivity index (χ1n) is 14.8. The molecule has 0 heterocycles. The van der Waals surface area contributed by atoms with E-state index in [2.05, 4.69) is 100 Å². The van der Waals surface area contributed by atoms with Gasteiger partial charge in [-0.3, -0.25) is 0 Å². The molecular formula is C35H52NS+. The van der Waals surface area contributed by atoms with Gasteiger partial charge < -0.3 is 4.48 Å². The van der Waals surface area contributed by atoms with Gasteiger partial charge in [-0.15, -0.1) is 0 Å². The summed E-state index contributed by atoms with van der Waals surface area (Å²) in [5, 5.41) is 0. The van der Waals surface area contributed by atoms with Crippen LogP contribution in [0.15, 0.2) is 91.0 Å². The minimum atomic E-state index is -0.427. The van der Waals surface area contributed by atoms with Crippen LogP contribution in [0, 0.1) is 0 Å². The highest BCUT2D eigenvalue weighted by atomic mass is 32.1. The minimum Gasteiger partial charge on any atom is -0.324 e. The van der Waals surface area contributed by atoms with E-state index in [1.54, 1.807) is 0 Å². The monoisotopic (exact) mass is 518 g/mol. The van der Waals surface area contributed by atoms with Crippen LogP contribution in [0.1, 0.15) is 95.8 Å². The fraction of sp³-hybridized carbons (Fsp3) is 0.486. The van der Waals surface area contributed by atoms with Gasteiger partial charge in [-0.05, 0) is 42.4 Å². The van der Waals surface area contributed by atoms with Crippen molar-refractivity contribution >= 4 is 12.6 Å². The first-order chi connectivity index (χ1) is 18.1. The third-order valence-corrected chi connectivity index (χ3v) is 8.29. The first kappa shape index (κ1) is 31.2. The maximum absolute atomic E-state index is 5.09. The van der Waals surface area contributed by atoms with E-state index in [1.165, 1.54) is 98.7 Å². The van der Waals surface area contributed by atoms with E-state index in [4.69, 9.17) is 12.6 Å². The van der Waals surface area contributed by atoms with Crippen LogP contribution in [0.5, 0.6) is 0 Å². The van der Waals surface area contributed by atoms with Gasteiger partial charge in [-0.1, -0.05) is 144 Å². The average molecular weight is 519 g/mol. The maximum Gasteiger partial charge on any atom is 0.0878 e. The number of nitrogens with zero attached hydrogens (tertiary/aromatic N) is 1. The fourth-order valence-electron chi connectivity index (χ4n) is 5.18. The molecule has 202 valence electrons. The largest absolute Gasteiger partial charge is 0.324 e. The molecule has 37 heavy (non-hydrogen) atoms. The molecule has 2 heteroatoms. The Kier molecular flexibility index (Phi) is 14.7. The quantitative estimate of drug-likeness (QED) is 0.115. The van der Waals surface area contributed by atoms with Crippen molar-refractivity contribution in [1.29, 1.82) is 0 Å². The van der Waals surface area contributed by atoms with Crippen molar-refractivity contribution in [3.05, 3.63) is 108 Å². The van der Waals surface area contributed by atoms with Gasteiger partial charge in [0, 0.05) is 0 Å². The third-order valence-electron chi connectivity index (χ3n) is 7.52. The summed E-state index contributed by atoms with van der Waals surface area (Å²) in [5.74, 6) is 0. The second-order valence-corrected chi connectivity index (χ2v) is 11.1. The molecule has 0 spiro atoms. The lowest BCUT2D eigenvalue weighted by Gasteiger charge is -2.39. The topological polar surface area (TPSA) is 0 Å². The molecule has 3 rings (SSSR count).